The van der Waals surface area contributed by atoms with Crippen molar-refractivity contribution in [3.63, 3.8) is 0 Å². The van der Waals surface area contributed by atoms with Gasteiger partial charge in [0.15, 0.2) is 0 Å². The zero-order valence-electron chi connectivity index (χ0n) is 22.4. The maximum Gasteiger partial charge on any atom is 0.265 e. The lowest BCUT2D eigenvalue weighted by molar-refractivity contribution is 0.281. The molecule has 7 heteroatoms. The second-order valence-electron chi connectivity index (χ2n) is 11.2. The van der Waals surface area contributed by atoms with Gasteiger partial charge in [-0.25, -0.2) is 8.42 Å². The molecular formula is C28H45N3O3S. The summed E-state index contributed by atoms with van der Waals surface area (Å²) >= 11 is 0. The maximum atomic E-state index is 13.5. The van der Waals surface area contributed by atoms with Crippen molar-refractivity contribution in [2.75, 3.05) is 16.8 Å². The van der Waals surface area contributed by atoms with Crippen LogP contribution in [0.1, 0.15) is 92.1 Å². The molecule has 0 fully saturated rings. The number of sulfonamides is 1. The van der Waals surface area contributed by atoms with E-state index in [0.717, 1.165) is 24.8 Å². The Morgan fingerprint density at radius 2 is 1.46 bits per heavy atom. The number of nitrogen functional groups attached to an aromatic ring is 1. The third-order valence-electron chi connectivity index (χ3n) is 6.05. The second kappa shape index (κ2) is 12.6. The Labute approximate surface area is 213 Å². The largest absolute Gasteiger partial charge is 0.492 e. The molecule has 0 spiro atoms. The van der Waals surface area contributed by atoms with Gasteiger partial charge in [0.2, 0.25) is 0 Å². The van der Waals surface area contributed by atoms with Gasteiger partial charge in [-0.2, -0.15) is 0 Å². The minimum absolute atomic E-state index is 0.104. The minimum atomic E-state index is -3.87. The number of ether oxygens (including phenoxy) is 1. The average molecular weight is 504 g/mol. The molecule has 0 aliphatic rings. The van der Waals surface area contributed by atoms with E-state index >= 15 is 0 Å². The molecule has 0 aliphatic heterocycles. The number of hydrogen-bond donors (Lipinski definition) is 3. The van der Waals surface area contributed by atoms with Crippen molar-refractivity contribution < 1.29 is 13.2 Å². The molecule has 0 heterocycles. The van der Waals surface area contributed by atoms with Crippen LogP contribution in [-0.2, 0) is 15.4 Å². The standard InChI is InChI=1S/C28H45N3O3S/c1-7-8-9-10-11-12-19-34-25-18-13-22(28(5,6)21-27(2,3)4)20-26(25)35(32,33)31-24-16-14-23(30-29)15-17-24/h13-18,20,30-31H,7-12,19,21,29H2,1-6H3. The van der Waals surface area contributed by atoms with E-state index in [2.05, 4.69) is 51.7 Å². The number of nitrogens with one attached hydrogen (secondary N) is 2. The molecule has 0 aromatic heterocycles. The summed E-state index contributed by atoms with van der Waals surface area (Å²) in [5.41, 5.74) is 4.59. The number of unbranched alkanes of at least 4 members (excludes halogenated alkanes) is 5. The Bertz CT molecular complexity index is 1030. The molecule has 0 saturated carbocycles. The predicted molar refractivity (Wildman–Crippen MR) is 147 cm³/mol. The second-order valence-corrected chi connectivity index (χ2v) is 12.9. The fourth-order valence-corrected chi connectivity index (χ4v) is 5.83. The van der Waals surface area contributed by atoms with E-state index in [4.69, 9.17) is 10.6 Å². The van der Waals surface area contributed by atoms with E-state index in [9.17, 15) is 8.42 Å². The highest BCUT2D eigenvalue weighted by Gasteiger charge is 2.30. The molecule has 0 saturated heterocycles. The van der Waals surface area contributed by atoms with E-state index in [1.54, 1.807) is 30.3 Å². The van der Waals surface area contributed by atoms with Crippen LogP contribution in [0, 0.1) is 5.41 Å². The molecule has 0 aliphatic carbocycles. The highest BCUT2D eigenvalue weighted by atomic mass is 32.2. The average Bonchev–Trinajstić information content (AvgIpc) is 2.77. The van der Waals surface area contributed by atoms with Gasteiger partial charge < -0.3 is 10.2 Å². The SMILES string of the molecule is CCCCCCCCOc1ccc(C(C)(C)CC(C)(C)C)cc1S(=O)(=O)Nc1ccc(NN)cc1. The van der Waals surface area contributed by atoms with Crippen molar-refractivity contribution in [1.82, 2.24) is 0 Å². The number of hydrogen-bond acceptors (Lipinski definition) is 5. The van der Waals surface area contributed by atoms with Gasteiger partial charge in [0, 0.05) is 11.4 Å². The Hall–Kier alpha value is -2.25. The van der Waals surface area contributed by atoms with E-state index in [1.165, 1.54) is 25.7 Å². The molecule has 0 amide bonds. The predicted octanol–water partition coefficient (Wildman–Crippen LogP) is 7.23. The van der Waals surface area contributed by atoms with Crippen molar-refractivity contribution in [1.29, 1.82) is 0 Å². The first kappa shape index (κ1) is 29.0. The molecule has 0 radical (unpaired) electrons. The quantitative estimate of drug-likeness (QED) is 0.144. The Morgan fingerprint density at radius 3 is 2.06 bits per heavy atom. The van der Waals surface area contributed by atoms with Crippen LogP contribution in [-0.4, -0.2) is 15.0 Å². The van der Waals surface area contributed by atoms with Gasteiger partial charge in [-0.1, -0.05) is 79.7 Å². The normalized spacial score (nSPS) is 12.4. The molecule has 196 valence electrons. The van der Waals surface area contributed by atoms with Crippen LogP contribution in [0.4, 0.5) is 11.4 Å². The van der Waals surface area contributed by atoms with Gasteiger partial charge in [-0.15, -0.1) is 0 Å². The smallest absolute Gasteiger partial charge is 0.265 e. The summed E-state index contributed by atoms with van der Waals surface area (Å²) in [6.07, 6.45) is 7.78. The van der Waals surface area contributed by atoms with Gasteiger partial charge in [0.05, 0.1) is 6.61 Å². The van der Waals surface area contributed by atoms with Crippen LogP contribution in [0.2, 0.25) is 0 Å². The fourth-order valence-electron chi connectivity index (χ4n) is 4.60. The van der Waals surface area contributed by atoms with Crippen LogP contribution >= 0.6 is 0 Å². The molecule has 6 nitrogen and oxygen atoms in total. The topological polar surface area (TPSA) is 93.5 Å². The van der Waals surface area contributed by atoms with Crippen molar-refractivity contribution >= 4 is 21.4 Å². The number of benzene rings is 2. The monoisotopic (exact) mass is 503 g/mol. The summed E-state index contributed by atoms with van der Waals surface area (Å²) in [7, 11) is -3.87. The van der Waals surface area contributed by atoms with Crippen molar-refractivity contribution in [3.8, 4) is 5.75 Å². The van der Waals surface area contributed by atoms with E-state index in [1.807, 2.05) is 12.1 Å². The minimum Gasteiger partial charge on any atom is -0.492 e. The Kier molecular flexibility index (Phi) is 10.5. The van der Waals surface area contributed by atoms with Gasteiger partial charge in [-0.3, -0.25) is 10.6 Å². The van der Waals surface area contributed by atoms with Gasteiger partial charge in [0.25, 0.3) is 10.0 Å². The first-order valence-electron chi connectivity index (χ1n) is 12.7. The van der Waals surface area contributed by atoms with Gasteiger partial charge >= 0.3 is 0 Å². The summed E-state index contributed by atoms with van der Waals surface area (Å²) in [6.45, 7) is 13.6. The highest BCUT2D eigenvalue weighted by Crippen LogP contribution is 2.39. The molecule has 2 rings (SSSR count). The highest BCUT2D eigenvalue weighted by molar-refractivity contribution is 7.92. The molecule has 4 N–H and O–H groups in total. The van der Waals surface area contributed by atoms with Crippen LogP contribution in [0.25, 0.3) is 0 Å². The molecule has 0 atom stereocenters. The zero-order chi connectivity index (χ0) is 26.1. The van der Waals surface area contributed by atoms with Crippen LogP contribution < -0.4 is 20.7 Å². The van der Waals surface area contributed by atoms with Crippen molar-refractivity contribution in [2.45, 2.75) is 96.8 Å². The third kappa shape index (κ3) is 9.37. The lowest BCUT2D eigenvalue weighted by atomic mass is 9.72. The number of nitrogens with two attached hydrogens (primary N) is 1. The summed E-state index contributed by atoms with van der Waals surface area (Å²) in [6, 6.07) is 12.4. The van der Waals surface area contributed by atoms with E-state index in [-0.39, 0.29) is 15.7 Å². The molecule has 0 bridgehead atoms. The van der Waals surface area contributed by atoms with Gasteiger partial charge in [-0.05, 0) is 65.6 Å². The Morgan fingerprint density at radius 1 is 0.857 bits per heavy atom. The molecule has 2 aromatic rings. The first-order valence-corrected chi connectivity index (χ1v) is 14.2. The third-order valence-corrected chi connectivity index (χ3v) is 7.45. The van der Waals surface area contributed by atoms with Crippen LogP contribution in [0.5, 0.6) is 5.75 Å². The fraction of sp³-hybridized carbons (Fsp3) is 0.571. The lowest BCUT2D eigenvalue weighted by Gasteiger charge is -2.33. The van der Waals surface area contributed by atoms with Crippen molar-refractivity contribution in [3.05, 3.63) is 48.0 Å². The first-order chi connectivity index (χ1) is 16.4. The summed E-state index contributed by atoms with van der Waals surface area (Å²) in [5.74, 6) is 5.82. The zero-order valence-corrected chi connectivity index (χ0v) is 23.2. The summed E-state index contributed by atoms with van der Waals surface area (Å²) < 4.78 is 35.8. The number of rotatable bonds is 14. The maximum absolute atomic E-state index is 13.5. The van der Waals surface area contributed by atoms with Gasteiger partial charge in [0.1, 0.15) is 10.6 Å². The van der Waals surface area contributed by atoms with Crippen LogP contribution in [0.3, 0.4) is 0 Å². The van der Waals surface area contributed by atoms with E-state index in [0.29, 0.717) is 23.7 Å². The summed E-state index contributed by atoms with van der Waals surface area (Å²) in [5, 5.41) is 0. The molecule has 2 aromatic carbocycles. The van der Waals surface area contributed by atoms with Crippen LogP contribution in [0.15, 0.2) is 47.4 Å². The van der Waals surface area contributed by atoms with Crippen molar-refractivity contribution in [2.24, 2.45) is 11.3 Å². The lowest BCUT2D eigenvalue weighted by Crippen LogP contribution is -2.25. The molecule has 0 unspecified atom stereocenters. The van der Waals surface area contributed by atoms with E-state index < -0.39 is 10.0 Å². The molecule has 35 heavy (non-hydrogen) atoms. The molecular weight excluding hydrogens is 458 g/mol. The number of anilines is 2. The number of hydrazine groups is 1. The summed E-state index contributed by atoms with van der Waals surface area (Å²) in [4.78, 5) is 0.170. The Balaban J connectivity index is 2.31.